The minimum Gasteiger partial charge on any atom is -0.622 e. The quantitative estimate of drug-likeness (QED) is 0.184. The van der Waals surface area contributed by atoms with E-state index in [1.54, 1.807) is 29.7 Å². The fourth-order valence-electron chi connectivity index (χ4n) is 2.90. The predicted molar refractivity (Wildman–Crippen MR) is 114 cm³/mol. The first-order valence-corrected chi connectivity index (χ1v) is 10.4. The predicted octanol–water partition coefficient (Wildman–Crippen LogP) is 4.98. The first-order chi connectivity index (χ1) is 11.9. The number of thiocarbonyl (C=S) groups is 1. The van der Waals surface area contributed by atoms with Crippen LogP contribution in [0.1, 0.15) is 19.4 Å². The fourth-order valence-corrected chi connectivity index (χ4v) is 5.23. The van der Waals surface area contributed by atoms with E-state index < -0.39 is 6.17 Å². The number of nitrogens with zero attached hydrogens (tertiary/aromatic N) is 2. The molecule has 0 amide bonds. The van der Waals surface area contributed by atoms with Gasteiger partial charge in [-0.1, -0.05) is 42.2 Å². The number of hydrogen-bond acceptors (Lipinski definition) is 4. The van der Waals surface area contributed by atoms with Crippen LogP contribution in [0, 0.1) is 5.21 Å². The van der Waals surface area contributed by atoms with Gasteiger partial charge in [0.15, 0.2) is 6.21 Å². The molecule has 2 aromatic carbocycles. The smallest absolute Gasteiger partial charge is 0.258 e. The lowest BCUT2D eigenvalue weighted by atomic mass is 10.1. The molecule has 6 heteroatoms. The highest BCUT2D eigenvalue weighted by Crippen LogP contribution is 2.43. The van der Waals surface area contributed by atoms with Gasteiger partial charge in [0.05, 0.1) is 0 Å². The van der Waals surface area contributed by atoms with Crippen LogP contribution in [0.25, 0.3) is 0 Å². The van der Waals surface area contributed by atoms with Crippen molar-refractivity contribution in [3.63, 3.8) is 0 Å². The zero-order valence-corrected chi connectivity index (χ0v) is 16.8. The summed E-state index contributed by atoms with van der Waals surface area (Å²) < 4.78 is 1.45. The van der Waals surface area contributed by atoms with Gasteiger partial charge in [0.2, 0.25) is 0 Å². The van der Waals surface area contributed by atoms with Crippen molar-refractivity contribution in [3.05, 3.63) is 65.4 Å². The Balaban J connectivity index is 1.98. The van der Waals surface area contributed by atoms with Gasteiger partial charge < -0.3 is 5.21 Å². The second-order valence-corrected chi connectivity index (χ2v) is 9.48. The van der Waals surface area contributed by atoms with Crippen molar-refractivity contribution in [1.29, 1.82) is 0 Å². The van der Waals surface area contributed by atoms with Gasteiger partial charge in [-0.3, -0.25) is 4.90 Å². The standard InChI is InChI=1S/C19H20N2OS3/c1-19(2)17(20(22)13-14-9-11-16(24-3)12-10-14)21(18(23)25-19)15-7-5-4-6-8-15/h4-13,17H,1-3H3/b20-13-. The van der Waals surface area contributed by atoms with Gasteiger partial charge in [-0.25, -0.2) is 0 Å². The highest BCUT2D eigenvalue weighted by molar-refractivity contribution is 8.24. The van der Waals surface area contributed by atoms with E-state index >= 15 is 0 Å². The van der Waals surface area contributed by atoms with Crippen LogP contribution >= 0.6 is 35.7 Å². The van der Waals surface area contributed by atoms with E-state index in [0.717, 1.165) is 20.3 Å². The number of hydroxylamine groups is 1. The molecule has 0 saturated carbocycles. The van der Waals surface area contributed by atoms with E-state index in [2.05, 4.69) is 13.8 Å². The molecule has 0 spiro atoms. The Kier molecular flexibility index (Phi) is 5.41. The van der Waals surface area contributed by atoms with Crippen LogP contribution in [-0.4, -0.2) is 32.4 Å². The van der Waals surface area contributed by atoms with Gasteiger partial charge in [0.25, 0.3) is 6.17 Å². The maximum absolute atomic E-state index is 13.1. The zero-order valence-electron chi connectivity index (χ0n) is 14.4. The van der Waals surface area contributed by atoms with Gasteiger partial charge in [-0.2, -0.15) is 4.74 Å². The molecule has 0 radical (unpaired) electrons. The van der Waals surface area contributed by atoms with Crippen molar-refractivity contribution < 1.29 is 4.74 Å². The van der Waals surface area contributed by atoms with Crippen LogP contribution < -0.4 is 4.90 Å². The third-order valence-electron chi connectivity index (χ3n) is 4.08. The average molecular weight is 389 g/mol. The number of anilines is 1. The number of hydrogen-bond donors (Lipinski definition) is 0. The molecule has 1 saturated heterocycles. The highest BCUT2D eigenvalue weighted by Gasteiger charge is 2.51. The summed E-state index contributed by atoms with van der Waals surface area (Å²) in [7, 11) is 0. The molecule has 2 aromatic rings. The number of para-hydroxylation sites is 1. The molecule has 0 N–H and O–H groups in total. The molecule has 1 unspecified atom stereocenters. The minimum absolute atomic E-state index is 0.315. The van der Waals surface area contributed by atoms with E-state index in [0.29, 0.717) is 0 Å². The van der Waals surface area contributed by atoms with Crippen molar-refractivity contribution >= 4 is 52.0 Å². The Morgan fingerprint density at radius 2 is 1.80 bits per heavy atom. The van der Waals surface area contributed by atoms with E-state index in [1.807, 2.05) is 65.8 Å². The highest BCUT2D eigenvalue weighted by atomic mass is 32.2. The molecule has 1 heterocycles. The van der Waals surface area contributed by atoms with Crippen LogP contribution in [0.3, 0.4) is 0 Å². The molecule has 0 aromatic heterocycles. The van der Waals surface area contributed by atoms with Gasteiger partial charge in [-0.15, -0.1) is 11.8 Å². The fraction of sp³-hybridized carbons (Fsp3) is 0.263. The Bertz CT molecular complexity index is 788. The lowest BCUT2D eigenvalue weighted by molar-refractivity contribution is -0.497. The van der Waals surface area contributed by atoms with Crippen molar-refractivity contribution in [1.82, 2.24) is 0 Å². The van der Waals surface area contributed by atoms with Gasteiger partial charge >= 0.3 is 0 Å². The summed E-state index contributed by atoms with van der Waals surface area (Å²) in [6.07, 6.45) is 3.30. The molecular formula is C19H20N2OS3. The molecule has 3 rings (SSSR count). The summed E-state index contributed by atoms with van der Waals surface area (Å²) >= 11 is 8.83. The molecule has 0 bridgehead atoms. The summed E-state index contributed by atoms with van der Waals surface area (Å²) in [5.74, 6) is 0. The number of rotatable bonds is 4. The lowest BCUT2D eigenvalue weighted by Crippen LogP contribution is -2.48. The summed E-state index contributed by atoms with van der Waals surface area (Å²) in [6.45, 7) is 4.13. The van der Waals surface area contributed by atoms with Crippen molar-refractivity contribution in [2.45, 2.75) is 29.7 Å². The maximum Gasteiger partial charge on any atom is 0.258 e. The SMILES string of the molecule is CSc1ccc(/C=[N+](\[O-])C2N(c3ccccc3)C(=S)SC2(C)C)cc1. The van der Waals surface area contributed by atoms with Crippen molar-refractivity contribution in [3.8, 4) is 0 Å². The molecule has 1 fully saturated rings. The first-order valence-electron chi connectivity index (χ1n) is 7.94. The monoisotopic (exact) mass is 388 g/mol. The summed E-state index contributed by atoms with van der Waals surface area (Å²) in [4.78, 5) is 3.14. The third kappa shape index (κ3) is 3.86. The average Bonchev–Trinajstić information content (AvgIpc) is 2.85. The third-order valence-corrected chi connectivity index (χ3v) is 6.38. The Morgan fingerprint density at radius 1 is 1.16 bits per heavy atom. The summed E-state index contributed by atoms with van der Waals surface area (Å²) in [5, 5.41) is 13.1. The van der Waals surface area contributed by atoms with Crippen LogP contribution in [-0.2, 0) is 0 Å². The Hall–Kier alpha value is -1.50. The van der Waals surface area contributed by atoms with Gasteiger partial charge in [0, 0.05) is 16.1 Å². The van der Waals surface area contributed by atoms with Crippen molar-refractivity contribution in [2.24, 2.45) is 0 Å². The number of benzene rings is 2. The molecule has 0 aliphatic carbocycles. The minimum atomic E-state index is -0.396. The van der Waals surface area contributed by atoms with Crippen LogP contribution in [0.4, 0.5) is 5.69 Å². The van der Waals surface area contributed by atoms with Crippen LogP contribution in [0.5, 0.6) is 0 Å². The van der Waals surface area contributed by atoms with E-state index in [-0.39, 0.29) is 4.75 Å². The second kappa shape index (κ2) is 7.40. The molecule has 1 aliphatic rings. The van der Waals surface area contributed by atoms with Crippen LogP contribution in [0.2, 0.25) is 0 Å². The molecule has 130 valence electrons. The second-order valence-electron chi connectivity index (χ2n) is 6.31. The lowest BCUT2D eigenvalue weighted by Gasteiger charge is -2.29. The van der Waals surface area contributed by atoms with Gasteiger partial charge in [-0.05, 0) is 56.5 Å². The zero-order chi connectivity index (χ0) is 18.0. The topological polar surface area (TPSA) is 29.3 Å². The first kappa shape index (κ1) is 18.3. The Labute approximate surface area is 162 Å². The van der Waals surface area contributed by atoms with Crippen molar-refractivity contribution in [2.75, 3.05) is 11.2 Å². The summed E-state index contributed by atoms with van der Waals surface area (Å²) in [6, 6.07) is 17.9. The summed E-state index contributed by atoms with van der Waals surface area (Å²) in [5.41, 5.74) is 1.84. The molecule has 3 nitrogen and oxygen atoms in total. The van der Waals surface area contributed by atoms with Crippen LogP contribution in [0.15, 0.2) is 59.5 Å². The maximum atomic E-state index is 13.1. The normalized spacial score (nSPS) is 20.1. The molecule has 1 aliphatic heterocycles. The molecule has 1 atom stereocenters. The van der Waals surface area contributed by atoms with Gasteiger partial charge in [0.1, 0.15) is 9.07 Å². The molecule has 25 heavy (non-hydrogen) atoms. The molecular weight excluding hydrogens is 368 g/mol. The van der Waals surface area contributed by atoms with E-state index in [9.17, 15) is 5.21 Å². The largest absolute Gasteiger partial charge is 0.622 e. The van der Waals surface area contributed by atoms with E-state index in [1.165, 1.54) is 4.90 Å². The Morgan fingerprint density at radius 3 is 2.40 bits per heavy atom. The van der Waals surface area contributed by atoms with E-state index in [4.69, 9.17) is 12.2 Å². The number of thioether (sulfide) groups is 2.